The molecule has 0 aliphatic heterocycles. The van der Waals surface area contributed by atoms with Crippen LogP contribution in [0.4, 0.5) is 0 Å². The normalized spacial score (nSPS) is 13.4. The molecule has 0 spiro atoms. The molecule has 21 heavy (non-hydrogen) atoms. The monoisotopic (exact) mass is 292 g/mol. The molecule has 0 bridgehead atoms. The molecule has 0 heterocycles. The van der Waals surface area contributed by atoms with Gasteiger partial charge in [-0.2, -0.15) is 0 Å². The summed E-state index contributed by atoms with van der Waals surface area (Å²) in [7, 11) is 0. The Morgan fingerprint density at radius 1 is 1.24 bits per heavy atom. The van der Waals surface area contributed by atoms with Gasteiger partial charge in [0.25, 0.3) is 0 Å². The highest BCUT2D eigenvalue weighted by Gasteiger charge is 2.15. The number of carbonyl (C=O) groups excluding carboxylic acids is 1. The molecular formula is C16H24N2O3. The molecule has 4 N–H and O–H groups in total. The summed E-state index contributed by atoms with van der Waals surface area (Å²) in [5, 5.41) is 11.5. The summed E-state index contributed by atoms with van der Waals surface area (Å²) in [5.41, 5.74) is 6.68. The van der Waals surface area contributed by atoms with Gasteiger partial charge in [0, 0.05) is 13.0 Å². The van der Waals surface area contributed by atoms with E-state index < -0.39 is 12.0 Å². The SMILES string of the molecule is CCC(CCNC(=O)[C@H](N)c1ccccc1)CCC(=O)O. The Hall–Kier alpha value is -1.88. The molecule has 5 heteroatoms. The van der Waals surface area contributed by atoms with Crippen LogP contribution in [-0.4, -0.2) is 23.5 Å². The fourth-order valence-corrected chi connectivity index (χ4v) is 2.20. The first-order chi connectivity index (χ1) is 10.0. The zero-order chi connectivity index (χ0) is 15.7. The summed E-state index contributed by atoms with van der Waals surface area (Å²) in [6.45, 7) is 2.56. The van der Waals surface area contributed by atoms with Crippen LogP contribution in [0.15, 0.2) is 30.3 Å². The first-order valence-corrected chi connectivity index (χ1v) is 7.34. The third-order valence-electron chi connectivity index (χ3n) is 3.64. The van der Waals surface area contributed by atoms with Crippen LogP contribution in [0, 0.1) is 5.92 Å². The minimum absolute atomic E-state index is 0.177. The maximum Gasteiger partial charge on any atom is 0.303 e. The Morgan fingerprint density at radius 2 is 1.90 bits per heavy atom. The average Bonchev–Trinajstić information content (AvgIpc) is 2.50. The van der Waals surface area contributed by atoms with Crippen molar-refractivity contribution in [2.45, 2.75) is 38.6 Å². The van der Waals surface area contributed by atoms with Crippen LogP contribution in [0.3, 0.4) is 0 Å². The molecule has 0 aromatic heterocycles. The second-order valence-corrected chi connectivity index (χ2v) is 5.17. The van der Waals surface area contributed by atoms with Crippen molar-refractivity contribution in [2.75, 3.05) is 6.54 Å². The molecule has 1 aromatic carbocycles. The number of nitrogens with two attached hydrogens (primary N) is 1. The second-order valence-electron chi connectivity index (χ2n) is 5.17. The molecular weight excluding hydrogens is 268 g/mol. The summed E-state index contributed by atoms with van der Waals surface area (Å²) in [4.78, 5) is 22.5. The van der Waals surface area contributed by atoms with Gasteiger partial charge in [0.2, 0.25) is 5.91 Å². The van der Waals surface area contributed by atoms with E-state index in [2.05, 4.69) is 5.32 Å². The number of nitrogens with one attached hydrogen (secondary N) is 1. The summed E-state index contributed by atoms with van der Waals surface area (Å²) in [6, 6.07) is 8.56. The lowest BCUT2D eigenvalue weighted by Gasteiger charge is -2.16. The maximum atomic E-state index is 11.9. The number of carbonyl (C=O) groups is 2. The van der Waals surface area contributed by atoms with Gasteiger partial charge in [0.15, 0.2) is 0 Å². The molecule has 0 saturated carbocycles. The number of carboxylic acid groups (broad SMARTS) is 1. The van der Waals surface area contributed by atoms with Gasteiger partial charge in [-0.1, -0.05) is 43.7 Å². The van der Waals surface area contributed by atoms with E-state index in [0.29, 0.717) is 18.9 Å². The fraction of sp³-hybridized carbons (Fsp3) is 0.500. The molecule has 1 unspecified atom stereocenters. The van der Waals surface area contributed by atoms with Crippen LogP contribution in [-0.2, 0) is 9.59 Å². The minimum atomic E-state index is -0.774. The van der Waals surface area contributed by atoms with Crippen molar-refractivity contribution in [3.63, 3.8) is 0 Å². The molecule has 1 rings (SSSR count). The van der Waals surface area contributed by atoms with Gasteiger partial charge in [-0.25, -0.2) is 0 Å². The van der Waals surface area contributed by atoms with E-state index in [0.717, 1.165) is 18.4 Å². The lowest BCUT2D eigenvalue weighted by Crippen LogP contribution is -2.35. The third kappa shape index (κ3) is 6.40. The number of amides is 1. The van der Waals surface area contributed by atoms with Gasteiger partial charge in [-0.05, 0) is 24.3 Å². The first kappa shape index (κ1) is 17.2. The van der Waals surface area contributed by atoms with Gasteiger partial charge in [0.05, 0.1) is 0 Å². The van der Waals surface area contributed by atoms with E-state index in [-0.39, 0.29) is 12.3 Å². The first-order valence-electron chi connectivity index (χ1n) is 7.34. The zero-order valence-corrected chi connectivity index (χ0v) is 12.4. The summed E-state index contributed by atoms with van der Waals surface area (Å²) in [5.74, 6) is -0.660. The van der Waals surface area contributed by atoms with Gasteiger partial charge in [-0.3, -0.25) is 9.59 Å². The Morgan fingerprint density at radius 3 is 2.48 bits per heavy atom. The van der Waals surface area contributed by atoms with Crippen LogP contribution in [0.25, 0.3) is 0 Å². The predicted molar refractivity (Wildman–Crippen MR) is 81.6 cm³/mol. The van der Waals surface area contributed by atoms with Crippen molar-refractivity contribution in [2.24, 2.45) is 11.7 Å². The van der Waals surface area contributed by atoms with Gasteiger partial charge in [0.1, 0.15) is 6.04 Å². The molecule has 2 atom stereocenters. The minimum Gasteiger partial charge on any atom is -0.481 e. The van der Waals surface area contributed by atoms with Crippen molar-refractivity contribution < 1.29 is 14.7 Å². The van der Waals surface area contributed by atoms with Crippen LogP contribution < -0.4 is 11.1 Å². The van der Waals surface area contributed by atoms with Crippen molar-refractivity contribution in [1.82, 2.24) is 5.32 Å². The van der Waals surface area contributed by atoms with E-state index >= 15 is 0 Å². The maximum absolute atomic E-state index is 11.9. The second kappa shape index (κ2) is 9.13. The Kier molecular flexibility index (Phi) is 7.46. The van der Waals surface area contributed by atoms with Gasteiger partial charge >= 0.3 is 5.97 Å². The number of carboxylic acids is 1. The third-order valence-corrected chi connectivity index (χ3v) is 3.64. The summed E-state index contributed by atoms with van der Waals surface area (Å²) < 4.78 is 0. The molecule has 0 saturated heterocycles. The van der Waals surface area contributed by atoms with Crippen LogP contribution in [0.2, 0.25) is 0 Å². The zero-order valence-electron chi connectivity index (χ0n) is 12.4. The van der Waals surface area contributed by atoms with E-state index in [4.69, 9.17) is 10.8 Å². The highest BCUT2D eigenvalue weighted by molar-refractivity contribution is 5.82. The number of hydrogen-bond donors (Lipinski definition) is 3. The van der Waals surface area contributed by atoms with Crippen LogP contribution in [0.5, 0.6) is 0 Å². The number of hydrogen-bond acceptors (Lipinski definition) is 3. The molecule has 0 aliphatic carbocycles. The molecule has 0 radical (unpaired) electrons. The molecule has 0 fully saturated rings. The largest absolute Gasteiger partial charge is 0.481 e. The van der Waals surface area contributed by atoms with Gasteiger partial charge in [-0.15, -0.1) is 0 Å². The Labute approximate surface area is 125 Å². The lowest BCUT2D eigenvalue weighted by molar-refractivity contribution is -0.137. The highest BCUT2D eigenvalue weighted by Crippen LogP contribution is 2.15. The topological polar surface area (TPSA) is 92.4 Å². The quantitative estimate of drug-likeness (QED) is 0.649. The standard InChI is InChI=1S/C16H24N2O3/c1-2-12(8-9-14(19)20)10-11-18-16(21)15(17)13-6-4-3-5-7-13/h3-7,12,15H,2,8-11,17H2,1H3,(H,18,21)(H,19,20)/t12?,15-/m1/s1. The Bertz CT molecular complexity index is 448. The van der Waals surface area contributed by atoms with E-state index in [1.807, 2.05) is 37.3 Å². The molecule has 5 nitrogen and oxygen atoms in total. The summed E-state index contributed by atoms with van der Waals surface area (Å²) in [6.07, 6.45) is 2.51. The van der Waals surface area contributed by atoms with E-state index in [1.54, 1.807) is 0 Å². The predicted octanol–water partition coefficient (Wildman–Crippen LogP) is 2.08. The lowest BCUT2D eigenvalue weighted by atomic mass is 9.96. The Balaban J connectivity index is 2.33. The van der Waals surface area contributed by atoms with Gasteiger partial charge < -0.3 is 16.2 Å². The number of aliphatic carboxylic acids is 1. The number of rotatable bonds is 9. The van der Waals surface area contributed by atoms with Crippen LogP contribution >= 0.6 is 0 Å². The molecule has 1 amide bonds. The highest BCUT2D eigenvalue weighted by atomic mass is 16.4. The van der Waals surface area contributed by atoms with E-state index in [1.165, 1.54) is 0 Å². The molecule has 116 valence electrons. The molecule has 1 aromatic rings. The smallest absolute Gasteiger partial charge is 0.303 e. The van der Waals surface area contributed by atoms with Crippen molar-refractivity contribution in [3.8, 4) is 0 Å². The van der Waals surface area contributed by atoms with E-state index in [9.17, 15) is 9.59 Å². The fourth-order valence-electron chi connectivity index (χ4n) is 2.20. The average molecular weight is 292 g/mol. The van der Waals surface area contributed by atoms with Crippen molar-refractivity contribution in [1.29, 1.82) is 0 Å². The van der Waals surface area contributed by atoms with Crippen molar-refractivity contribution >= 4 is 11.9 Å². The van der Waals surface area contributed by atoms with Crippen molar-refractivity contribution in [3.05, 3.63) is 35.9 Å². The number of benzene rings is 1. The molecule has 0 aliphatic rings. The van der Waals surface area contributed by atoms with Crippen LogP contribution in [0.1, 0.15) is 44.2 Å². The summed E-state index contributed by atoms with van der Waals surface area (Å²) >= 11 is 0.